The van der Waals surface area contributed by atoms with Gasteiger partial charge in [0.1, 0.15) is 5.82 Å². The molecule has 0 aliphatic heterocycles. The van der Waals surface area contributed by atoms with Crippen LogP contribution in [-0.2, 0) is 0 Å². The number of nitrogens with one attached hydrogen (secondary N) is 2. The second-order valence-electron chi connectivity index (χ2n) is 5.76. The lowest BCUT2D eigenvalue weighted by Gasteiger charge is -2.10. The van der Waals surface area contributed by atoms with E-state index < -0.39 is 0 Å². The number of anilines is 1. The van der Waals surface area contributed by atoms with Gasteiger partial charge in [0.2, 0.25) is 0 Å². The minimum atomic E-state index is -0.257. The first-order valence-electron chi connectivity index (χ1n) is 7.92. The van der Waals surface area contributed by atoms with E-state index in [0.29, 0.717) is 32.7 Å². The molecule has 26 heavy (non-hydrogen) atoms. The van der Waals surface area contributed by atoms with E-state index in [2.05, 4.69) is 15.3 Å². The van der Waals surface area contributed by atoms with Gasteiger partial charge in [-0.1, -0.05) is 41.4 Å². The molecule has 128 valence electrons. The summed E-state index contributed by atoms with van der Waals surface area (Å²) in [6.07, 6.45) is 0. The van der Waals surface area contributed by atoms with Crippen molar-refractivity contribution in [3.63, 3.8) is 0 Å². The lowest BCUT2D eigenvalue weighted by Crippen LogP contribution is -2.12. The van der Waals surface area contributed by atoms with E-state index in [-0.39, 0.29) is 5.91 Å². The number of hydrogen-bond acceptors (Lipinski definition) is 2. The zero-order valence-corrected chi connectivity index (χ0v) is 15.0. The van der Waals surface area contributed by atoms with E-state index in [0.717, 1.165) is 11.0 Å². The number of nitrogens with zero attached hydrogens (tertiary/aromatic N) is 1. The molecule has 0 saturated carbocycles. The SMILES string of the molecule is O=C(Nc1ccc(Cl)cc1-c1nc2ccccc2[nH]1)c1cccc(Cl)c1. The summed E-state index contributed by atoms with van der Waals surface area (Å²) in [7, 11) is 0. The van der Waals surface area contributed by atoms with Crippen molar-refractivity contribution in [2.75, 3.05) is 5.32 Å². The van der Waals surface area contributed by atoms with Gasteiger partial charge in [0.25, 0.3) is 5.91 Å². The Balaban J connectivity index is 1.74. The highest BCUT2D eigenvalue weighted by atomic mass is 35.5. The van der Waals surface area contributed by atoms with Crippen molar-refractivity contribution >= 4 is 45.8 Å². The minimum absolute atomic E-state index is 0.257. The number of halogens is 2. The van der Waals surface area contributed by atoms with Crippen molar-refractivity contribution in [1.29, 1.82) is 0 Å². The van der Waals surface area contributed by atoms with E-state index in [1.165, 1.54) is 0 Å². The summed E-state index contributed by atoms with van der Waals surface area (Å²) >= 11 is 12.1. The summed E-state index contributed by atoms with van der Waals surface area (Å²) in [5.41, 5.74) is 3.55. The van der Waals surface area contributed by atoms with Crippen LogP contribution < -0.4 is 5.32 Å². The van der Waals surface area contributed by atoms with Crippen LogP contribution in [0.1, 0.15) is 10.4 Å². The van der Waals surface area contributed by atoms with Gasteiger partial charge in [0.15, 0.2) is 0 Å². The van der Waals surface area contributed by atoms with E-state index in [1.54, 1.807) is 42.5 Å². The molecule has 1 aromatic heterocycles. The van der Waals surface area contributed by atoms with Gasteiger partial charge in [-0.15, -0.1) is 0 Å². The Morgan fingerprint density at radius 3 is 2.54 bits per heavy atom. The summed E-state index contributed by atoms with van der Waals surface area (Å²) in [5.74, 6) is 0.377. The van der Waals surface area contributed by atoms with Crippen molar-refractivity contribution in [1.82, 2.24) is 9.97 Å². The third kappa shape index (κ3) is 3.29. The van der Waals surface area contributed by atoms with Gasteiger partial charge in [-0.25, -0.2) is 4.98 Å². The average Bonchev–Trinajstić information content (AvgIpc) is 3.07. The highest BCUT2D eigenvalue weighted by Gasteiger charge is 2.14. The standard InChI is InChI=1S/C20H13Cl2N3O/c21-13-5-3-4-12(10-13)20(26)25-16-9-8-14(22)11-15(16)19-23-17-6-1-2-7-18(17)24-19/h1-11H,(H,23,24)(H,25,26). The van der Waals surface area contributed by atoms with Gasteiger partial charge in [-0.2, -0.15) is 0 Å². The summed E-state index contributed by atoms with van der Waals surface area (Å²) in [4.78, 5) is 20.4. The number of H-pyrrole nitrogens is 1. The maximum atomic E-state index is 12.6. The van der Waals surface area contributed by atoms with Crippen molar-refractivity contribution in [2.45, 2.75) is 0 Å². The molecule has 1 heterocycles. The van der Waals surface area contributed by atoms with E-state index in [4.69, 9.17) is 23.2 Å². The Kier molecular flexibility index (Phi) is 4.37. The van der Waals surface area contributed by atoms with E-state index in [1.807, 2.05) is 24.3 Å². The Labute approximate surface area is 159 Å². The molecule has 0 radical (unpaired) electrons. The molecule has 3 aromatic carbocycles. The lowest BCUT2D eigenvalue weighted by molar-refractivity contribution is 0.102. The number of para-hydroxylation sites is 2. The molecule has 0 fully saturated rings. The van der Waals surface area contributed by atoms with Gasteiger partial charge < -0.3 is 10.3 Å². The quantitative estimate of drug-likeness (QED) is 0.471. The van der Waals surface area contributed by atoms with Crippen LogP contribution in [0.4, 0.5) is 5.69 Å². The molecule has 0 aliphatic rings. The monoisotopic (exact) mass is 381 g/mol. The number of imidazole rings is 1. The van der Waals surface area contributed by atoms with Crippen LogP contribution >= 0.6 is 23.2 Å². The molecular weight excluding hydrogens is 369 g/mol. The predicted octanol–water partition coefficient (Wildman–Crippen LogP) is 5.79. The van der Waals surface area contributed by atoms with Crippen molar-refractivity contribution in [3.05, 3.63) is 82.3 Å². The van der Waals surface area contributed by atoms with Crippen LogP contribution in [0.25, 0.3) is 22.4 Å². The fourth-order valence-corrected chi connectivity index (χ4v) is 3.09. The number of fused-ring (bicyclic) bond motifs is 1. The number of carbonyl (C=O) groups excluding carboxylic acids is 1. The van der Waals surface area contributed by atoms with Gasteiger partial charge >= 0.3 is 0 Å². The third-order valence-electron chi connectivity index (χ3n) is 3.96. The molecule has 0 spiro atoms. The Morgan fingerprint density at radius 1 is 0.923 bits per heavy atom. The van der Waals surface area contributed by atoms with Crippen molar-refractivity contribution in [3.8, 4) is 11.4 Å². The maximum Gasteiger partial charge on any atom is 0.255 e. The zero-order chi connectivity index (χ0) is 18.1. The highest BCUT2D eigenvalue weighted by molar-refractivity contribution is 6.31. The maximum absolute atomic E-state index is 12.6. The second-order valence-corrected chi connectivity index (χ2v) is 6.63. The number of carbonyl (C=O) groups is 1. The Bertz CT molecular complexity index is 1090. The molecule has 0 aliphatic carbocycles. The first kappa shape index (κ1) is 16.6. The third-order valence-corrected chi connectivity index (χ3v) is 4.43. The van der Waals surface area contributed by atoms with Crippen LogP contribution in [0.15, 0.2) is 66.7 Å². The summed E-state index contributed by atoms with van der Waals surface area (Å²) in [6, 6.07) is 19.8. The minimum Gasteiger partial charge on any atom is -0.338 e. The lowest BCUT2D eigenvalue weighted by atomic mass is 10.1. The van der Waals surface area contributed by atoms with Crippen LogP contribution in [0.5, 0.6) is 0 Å². The van der Waals surface area contributed by atoms with Crippen molar-refractivity contribution < 1.29 is 4.79 Å². The molecule has 6 heteroatoms. The molecule has 0 saturated heterocycles. The number of hydrogen-bond donors (Lipinski definition) is 2. The molecular formula is C20H13Cl2N3O. The molecule has 2 N–H and O–H groups in total. The largest absolute Gasteiger partial charge is 0.338 e. The predicted molar refractivity (Wildman–Crippen MR) is 106 cm³/mol. The topological polar surface area (TPSA) is 57.8 Å². The normalized spacial score (nSPS) is 10.8. The van der Waals surface area contributed by atoms with Gasteiger partial charge in [0.05, 0.1) is 16.7 Å². The fourth-order valence-electron chi connectivity index (χ4n) is 2.73. The number of rotatable bonds is 3. The first-order chi connectivity index (χ1) is 12.6. The first-order valence-corrected chi connectivity index (χ1v) is 8.67. The molecule has 4 aromatic rings. The number of amides is 1. The average molecular weight is 382 g/mol. The molecule has 4 rings (SSSR count). The molecule has 0 unspecified atom stereocenters. The van der Waals surface area contributed by atoms with E-state index >= 15 is 0 Å². The van der Waals surface area contributed by atoms with E-state index in [9.17, 15) is 4.79 Å². The Hall–Kier alpha value is -2.82. The van der Waals surface area contributed by atoms with Crippen LogP contribution in [-0.4, -0.2) is 15.9 Å². The highest BCUT2D eigenvalue weighted by Crippen LogP contribution is 2.31. The summed E-state index contributed by atoms with van der Waals surface area (Å²) in [6.45, 7) is 0. The zero-order valence-electron chi connectivity index (χ0n) is 13.5. The van der Waals surface area contributed by atoms with Crippen LogP contribution in [0.2, 0.25) is 10.0 Å². The second kappa shape index (κ2) is 6.83. The number of aromatic amines is 1. The number of benzene rings is 3. The number of aromatic nitrogens is 2. The molecule has 0 atom stereocenters. The smallest absolute Gasteiger partial charge is 0.255 e. The Morgan fingerprint density at radius 2 is 1.73 bits per heavy atom. The van der Waals surface area contributed by atoms with Gasteiger partial charge in [-0.05, 0) is 48.5 Å². The van der Waals surface area contributed by atoms with Crippen LogP contribution in [0.3, 0.4) is 0 Å². The van der Waals surface area contributed by atoms with Crippen molar-refractivity contribution in [2.24, 2.45) is 0 Å². The van der Waals surface area contributed by atoms with Gasteiger partial charge in [-0.3, -0.25) is 4.79 Å². The molecule has 4 nitrogen and oxygen atoms in total. The summed E-state index contributed by atoms with van der Waals surface area (Å²) in [5, 5.41) is 3.97. The van der Waals surface area contributed by atoms with Gasteiger partial charge in [0, 0.05) is 21.2 Å². The summed E-state index contributed by atoms with van der Waals surface area (Å²) < 4.78 is 0. The molecule has 0 bridgehead atoms. The molecule has 1 amide bonds. The van der Waals surface area contributed by atoms with Crippen LogP contribution in [0, 0.1) is 0 Å². The fraction of sp³-hybridized carbons (Fsp3) is 0.